The van der Waals surface area contributed by atoms with Crippen LogP contribution in [0.4, 0.5) is 0 Å². The van der Waals surface area contributed by atoms with Gasteiger partial charge in [-0.15, -0.1) is 0 Å². The van der Waals surface area contributed by atoms with Gasteiger partial charge in [0.2, 0.25) is 0 Å². The van der Waals surface area contributed by atoms with Gasteiger partial charge in [0.05, 0.1) is 23.7 Å². The van der Waals surface area contributed by atoms with Crippen LogP contribution in [0.25, 0.3) is 0 Å². The Balaban J connectivity index is 1.42. The summed E-state index contributed by atoms with van der Waals surface area (Å²) < 4.78 is 9.23. The second-order valence-corrected chi connectivity index (χ2v) is 5.97. The van der Waals surface area contributed by atoms with Crippen molar-refractivity contribution in [3.05, 3.63) is 0 Å². The van der Waals surface area contributed by atoms with E-state index in [4.69, 9.17) is 0 Å². The molecular formula is C13H12O6. The largest absolute Gasteiger partial charge is 0.393 e. The molecule has 19 heavy (non-hydrogen) atoms. The zero-order valence-corrected chi connectivity index (χ0v) is 10.0. The molecule has 6 nitrogen and oxygen atoms in total. The van der Waals surface area contributed by atoms with Crippen molar-refractivity contribution in [1.29, 1.82) is 0 Å². The van der Waals surface area contributed by atoms with Crippen molar-refractivity contribution in [2.45, 2.75) is 19.3 Å². The maximum atomic E-state index is 11.5. The van der Waals surface area contributed by atoms with Crippen LogP contribution < -0.4 is 0 Å². The Kier molecular flexibility index (Phi) is 2.01. The first kappa shape index (κ1) is 11.1. The van der Waals surface area contributed by atoms with Crippen LogP contribution in [0.1, 0.15) is 19.3 Å². The number of carbonyl (C=O) groups is 4. The van der Waals surface area contributed by atoms with Gasteiger partial charge in [-0.2, -0.15) is 0 Å². The average molecular weight is 264 g/mol. The molecule has 2 aliphatic carbocycles. The summed E-state index contributed by atoms with van der Waals surface area (Å²) in [6, 6.07) is 0. The van der Waals surface area contributed by atoms with Crippen molar-refractivity contribution in [1.82, 2.24) is 0 Å². The number of fused-ring (bicyclic) bond motifs is 2. The van der Waals surface area contributed by atoms with Crippen LogP contribution in [0, 0.1) is 35.5 Å². The molecule has 0 aromatic heterocycles. The van der Waals surface area contributed by atoms with E-state index in [1.54, 1.807) is 0 Å². The molecule has 0 aromatic rings. The maximum Gasteiger partial charge on any atom is 0.317 e. The Bertz CT molecular complexity index is 477. The van der Waals surface area contributed by atoms with E-state index < -0.39 is 23.9 Å². The van der Waals surface area contributed by atoms with E-state index in [1.807, 2.05) is 0 Å². The van der Waals surface area contributed by atoms with Gasteiger partial charge in [-0.3, -0.25) is 19.2 Å². The number of hydrogen-bond acceptors (Lipinski definition) is 6. The van der Waals surface area contributed by atoms with Gasteiger partial charge < -0.3 is 9.47 Å². The molecule has 100 valence electrons. The Labute approximate surface area is 108 Å². The van der Waals surface area contributed by atoms with Crippen molar-refractivity contribution in [2.24, 2.45) is 35.5 Å². The van der Waals surface area contributed by atoms with E-state index in [1.165, 1.54) is 0 Å². The molecule has 0 aromatic carbocycles. The van der Waals surface area contributed by atoms with Crippen molar-refractivity contribution < 1.29 is 28.7 Å². The number of hydrogen-bond donors (Lipinski definition) is 0. The van der Waals surface area contributed by atoms with Crippen molar-refractivity contribution >= 4 is 23.9 Å². The van der Waals surface area contributed by atoms with E-state index in [0.29, 0.717) is 19.3 Å². The number of carbonyl (C=O) groups excluding carboxylic acids is 4. The molecule has 2 saturated heterocycles. The zero-order chi connectivity index (χ0) is 13.3. The monoisotopic (exact) mass is 264 g/mol. The standard InChI is InChI=1S/C13H12O6/c14-10-6-2-4(8(6)12(16)18-10)1-5-3-7-9(5)13(17)19-11(7)15/h4-9H,1-3H2. The average Bonchev–Trinajstić information content (AvgIpc) is 2.57. The highest BCUT2D eigenvalue weighted by atomic mass is 16.6. The normalized spacial score (nSPS) is 46.9. The van der Waals surface area contributed by atoms with Gasteiger partial charge in [0.25, 0.3) is 0 Å². The molecule has 2 aliphatic heterocycles. The zero-order valence-electron chi connectivity index (χ0n) is 10.0. The van der Waals surface area contributed by atoms with Crippen LogP contribution in [0.15, 0.2) is 0 Å². The predicted octanol–water partition coefficient (Wildman–Crippen LogP) is 0.0479. The number of ether oxygens (including phenoxy) is 2. The van der Waals surface area contributed by atoms with Crippen LogP contribution in [-0.4, -0.2) is 23.9 Å². The lowest BCUT2D eigenvalue weighted by Crippen LogP contribution is -2.45. The smallest absolute Gasteiger partial charge is 0.317 e. The number of rotatable bonds is 2. The molecule has 4 fully saturated rings. The topological polar surface area (TPSA) is 86.7 Å². The van der Waals surface area contributed by atoms with E-state index >= 15 is 0 Å². The van der Waals surface area contributed by atoms with E-state index in [-0.39, 0.29) is 35.5 Å². The minimum Gasteiger partial charge on any atom is -0.393 e. The highest BCUT2D eigenvalue weighted by Crippen LogP contribution is 2.55. The highest BCUT2D eigenvalue weighted by Gasteiger charge is 2.61. The second-order valence-electron chi connectivity index (χ2n) is 5.97. The molecule has 0 amide bonds. The van der Waals surface area contributed by atoms with E-state index in [2.05, 4.69) is 9.47 Å². The van der Waals surface area contributed by atoms with Crippen molar-refractivity contribution in [2.75, 3.05) is 0 Å². The third kappa shape index (κ3) is 1.31. The van der Waals surface area contributed by atoms with E-state index in [9.17, 15) is 19.2 Å². The first-order valence-electron chi connectivity index (χ1n) is 6.57. The third-order valence-electron chi connectivity index (χ3n) is 5.15. The van der Waals surface area contributed by atoms with Gasteiger partial charge in [-0.25, -0.2) is 0 Å². The van der Waals surface area contributed by atoms with Crippen LogP contribution in [-0.2, 0) is 28.7 Å². The fraction of sp³-hybridized carbons (Fsp3) is 0.692. The summed E-state index contributed by atoms with van der Waals surface area (Å²) in [4.78, 5) is 45.6. The molecule has 6 unspecified atom stereocenters. The molecule has 6 atom stereocenters. The van der Waals surface area contributed by atoms with Gasteiger partial charge >= 0.3 is 23.9 Å². The lowest BCUT2D eigenvalue weighted by molar-refractivity contribution is -0.155. The summed E-state index contributed by atoms with van der Waals surface area (Å²) in [6.07, 6.45) is 2.02. The molecule has 6 heteroatoms. The van der Waals surface area contributed by atoms with Crippen molar-refractivity contribution in [3.8, 4) is 0 Å². The van der Waals surface area contributed by atoms with Crippen LogP contribution in [0.3, 0.4) is 0 Å². The predicted molar refractivity (Wildman–Crippen MR) is 57.0 cm³/mol. The van der Waals surface area contributed by atoms with Crippen molar-refractivity contribution in [3.63, 3.8) is 0 Å². The second kappa shape index (κ2) is 3.43. The quantitative estimate of drug-likeness (QED) is 0.517. The fourth-order valence-electron chi connectivity index (χ4n) is 4.06. The first-order chi connectivity index (χ1) is 9.06. The lowest BCUT2D eigenvalue weighted by atomic mass is 9.57. The summed E-state index contributed by atoms with van der Waals surface area (Å²) in [5, 5.41) is 0. The lowest BCUT2D eigenvalue weighted by Gasteiger charge is -2.42. The Morgan fingerprint density at radius 1 is 0.737 bits per heavy atom. The fourth-order valence-corrected chi connectivity index (χ4v) is 4.06. The first-order valence-corrected chi connectivity index (χ1v) is 6.57. The molecule has 0 spiro atoms. The molecule has 2 heterocycles. The summed E-state index contributed by atoms with van der Waals surface area (Å²) in [5.74, 6) is -2.63. The highest BCUT2D eigenvalue weighted by molar-refractivity contribution is 5.99. The maximum absolute atomic E-state index is 11.5. The molecule has 2 saturated carbocycles. The van der Waals surface area contributed by atoms with Gasteiger partial charge in [0.15, 0.2) is 0 Å². The van der Waals surface area contributed by atoms with Gasteiger partial charge in [0, 0.05) is 0 Å². The third-order valence-corrected chi connectivity index (χ3v) is 5.15. The number of cyclic esters (lactones) is 4. The molecule has 4 rings (SSSR count). The molecular weight excluding hydrogens is 252 g/mol. The summed E-state index contributed by atoms with van der Waals surface area (Å²) in [5.41, 5.74) is 0. The summed E-state index contributed by atoms with van der Waals surface area (Å²) in [6.45, 7) is 0. The van der Waals surface area contributed by atoms with E-state index in [0.717, 1.165) is 0 Å². The summed E-state index contributed by atoms with van der Waals surface area (Å²) in [7, 11) is 0. The van der Waals surface area contributed by atoms with Gasteiger partial charge in [-0.1, -0.05) is 0 Å². The number of esters is 4. The molecule has 0 N–H and O–H groups in total. The Morgan fingerprint density at radius 2 is 1.16 bits per heavy atom. The van der Waals surface area contributed by atoms with Gasteiger partial charge in [0.1, 0.15) is 0 Å². The molecule has 4 aliphatic rings. The Hall–Kier alpha value is -1.72. The van der Waals surface area contributed by atoms with Crippen LogP contribution in [0.2, 0.25) is 0 Å². The van der Waals surface area contributed by atoms with Gasteiger partial charge in [-0.05, 0) is 31.1 Å². The van der Waals surface area contributed by atoms with Crippen LogP contribution >= 0.6 is 0 Å². The molecule has 0 bridgehead atoms. The summed E-state index contributed by atoms with van der Waals surface area (Å²) >= 11 is 0. The molecule has 0 radical (unpaired) electrons. The van der Waals surface area contributed by atoms with Crippen LogP contribution in [0.5, 0.6) is 0 Å². The minimum absolute atomic E-state index is 0.110. The Morgan fingerprint density at radius 3 is 1.53 bits per heavy atom. The minimum atomic E-state index is -0.424. The SMILES string of the molecule is O=C1OC(=O)C2C(CC3CC4C(=O)OC(=O)C34)CC12.